The van der Waals surface area contributed by atoms with Crippen LogP contribution in [0.3, 0.4) is 0 Å². The minimum atomic E-state index is -5.10. The molecule has 2 atom stereocenters. The van der Waals surface area contributed by atoms with Gasteiger partial charge in [-0.25, -0.2) is 4.98 Å². The Kier molecular flexibility index (Phi) is 6.35. The first kappa shape index (κ1) is 25.1. The van der Waals surface area contributed by atoms with Crippen LogP contribution in [0.25, 0.3) is 5.52 Å². The predicted octanol–water partition coefficient (Wildman–Crippen LogP) is 3.31. The average molecular weight is 534 g/mol. The first-order chi connectivity index (χ1) is 17.6. The Hall–Kier alpha value is -3.60. The highest BCUT2D eigenvalue weighted by Crippen LogP contribution is 2.38. The molecule has 0 unspecified atom stereocenters. The fourth-order valence-corrected chi connectivity index (χ4v) is 5.05. The van der Waals surface area contributed by atoms with E-state index >= 15 is 0 Å². The molecule has 1 aliphatic carbocycles. The van der Waals surface area contributed by atoms with E-state index in [1.54, 1.807) is 58.4 Å². The number of piperidine rings is 1. The Morgan fingerprint density at radius 1 is 1.14 bits per heavy atom. The third-order valence-electron chi connectivity index (χ3n) is 6.97. The lowest BCUT2D eigenvalue weighted by Crippen LogP contribution is -2.59. The summed E-state index contributed by atoms with van der Waals surface area (Å²) < 4.78 is 40.2. The summed E-state index contributed by atoms with van der Waals surface area (Å²) in [5.74, 6) is -3.34. The van der Waals surface area contributed by atoms with Crippen LogP contribution in [-0.4, -0.2) is 62.9 Å². The molecule has 3 heterocycles. The van der Waals surface area contributed by atoms with E-state index in [-0.39, 0.29) is 31.2 Å². The van der Waals surface area contributed by atoms with Gasteiger partial charge in [0.2, 0.25) is 5.91 Å². The number of aromatic nitrogens is 2. The Bertz CT molecular complexity index is 1370. The number of hydrogen-bond donors (Lipinski definition) is 2. The van der Waals surface area contributed by atoms with E-state index in [0.29, 0.717) is 29.1 Å². The molecule has 2 aliphatic rings. The highest BCUT2D eigenvalue weighted by molar-refractivity contribution is 6.30. The molecule has 2 N–H and O–H groups in total. The second kappa shape index (κ2) is 9.37. The number of fused-ring (bicyclic) bond motifs is 1. The average Bonchev–Trinajstić information content (AvgIpc) is 3.48. The first-order valence-corrected chi connectivity index (χ1v) is 12.1. The third kappa shape index (κ3) is 5.00. The number of likely N-dealkylation sites (tertiary alicyclic amines) is 1. The smallest absolute Gasteiger partial charge is 0.349 e. The van der Waals surface area contributed by atoms with Crippen molar-refractivity contribution in [2.24, 2.45) is 0 Å². The van der Waals surface area contributed by atoms with Gasteiger partial charge in [0.15, 0.2) is 0 Å². The minimum absolute atomic E-state index is 0.0983. The molecule has 3 aromatic rings. The normalized spacial score (nSPS) is 20.9. The fraction of sp³-hybridized carbons (Fsp3) is 0.360. The molecule has 2 fully saturated rings. The SMILES string of the molecule is O=C(c1cccn2cncc12)N1CC[C@@H](c2cccc(Cl)c2)[C@H](NC(=O)C2(NC(=O)C(F)(F)F)CC2)C1. The van der Waals surface area contributed by atoms with Crippen LogP contribution in [-0.2, 0) is 9.59 Å². The maximum absolute atomic E-state index is 13.5. The number of nitrogens with zero attached hydrogens (tertiary/aromatic N) is 3. The monoisotopic (exact) mass is 533 g/mol. The summed E-state index contributed by atoms with van der Waals surface area (Å²) in [7, 11) is 0. The van der Waals surface area contributed by atoms with Gasteiger partial charge in [0, 0.05) is 30.2 Å². The zero-order valence-corrected chi connectivity index (χ0v) is 20.2. The molecule has 12 heteroatoms. The van der Waals surface area contributed by atoms with Gasteiger partial charge in [-0.05, 0) is 49.1 Å². The predicted molar refractivity (Wildman–Crippen MR) is 128 cm³/mol. The number of nitrogens with one attached hydrogen (secondary N) is 2. The summed E-state index contributed by atoms with van der Waals surface area (Å²) in [5, 5.41) is 5.19. The Labute approximate surface area is 214 Å². The lowest BCUT2D eigenvalue weighted by Gasteiger charge is -2.40. The molecule has 5 rings (SSSR count). The molecule has 194 valence electrons. The largest absolute Gasteiger partial charge is 0.471 e. The number of imidazole rings is 1. The summed E-state index contributed by atoms with van der Waals surface area (Å²) >= 11 is 6.19. The van der Waals surface area contributed by atoms with Gasteiger partial charge in [-0.3, -0.25) is 14.4 Å². The van der Waals surface area contributed by atoms with E-state index in [0.717, 1.165) is 5.56 Å². The van der Waals surface area contributed by atoms with Crippen LogP contribution in [0.5, 0.6) is 0 Å². The molecule has 8 nitrogen and oxygen atoms in total. The molecule has 37 heavy (non-hydrogen) atoms. The summed E-state index contributed by atoms with van der Waals surface area (Å²) in [6.07, 6.45) is 0.541. The third-order valence-corrected chi connectivity index (χ3v) is 7.21. The maximum Gasteiger partial charge on any atom is 0.471 e. The van der Waals surface area contributed by atoms with Crippen LogP contribution in [0, 0.1) is 0 Å². The quantitative estimate of drug-likeness (QED) is 0.526. The van der Waals surface area contributed by atoms with Crippen molar-refractivity contribution in [3.05, 3.63) is 71.3 Å². The minimum Gasteiger partial charge on any atom is -0.349 e. The summed E-state index contributed by atoms with van der Waals surface area (Å²) in [5.41, 5.74) is 0.312. The van der Waals surface area contributed by atoms with Gasteiger partial charge in [-0.15, -0.1) is 0 Å². The lowest BCUT2D eigenvalue weighted by molar-refractivity contribution is -0.175. The number of alkyl halides is 3. The highest BCUT2D eigenvalue weighted by Gasteiger charge is 2.55. The van der Waals surface area contributed by atoms with Gasteiger partial charge >= 0.3 is 12.1 Å². The van der Waals surface area contributed by atoms with Crippen molar-refractivity contribution in [1.82, 2.24) is 24.9 Å². The highest BCUT2D eigenvalue weighted by atomic mass is 35.5. The number of amides is 3. The number of halogens is 4. The molecule has 0 spiro atoms. The van der Waals surface area contributed by atoms with Crippen molar-refractivity contribution >= 4 is 34.8 Å². The van der Waals surface area contributed by atoms with Crippen molar-refractivity contribution in [1.29, 1.82) is 0 Å². The molecule has 2 aromatic heterocycles. The van der Waals surface area contributed by atoms with E-state index in [9.17, 15) is 27.6 Å². The Morgan fingerprint density at radius 3 is 2.62 bits per heavy atom. The molecular formula is C25H23ClF3N5O3. The number of carbonyl (C=O) groups is 3. The second-order valence-electron chi connectivity index (χ2n) is 9.42. The van der Waals surface area contributed by atoms with Gasteiger partial charge < -0.3 is 19.9 Å². The zero-order chi connectivity index (χ0) is 26.4. The van der Waals surface area contributed by atoms with Crippen LogP contribution in [0.1, 0.15) is 41.1 Å². The van der Waals surface area contributed by atoms with Gasteiger partial charge in [0.25, 0.3) is 5.91 Å². The lowest BCUT2D eigenvalue weighted by atomic mass is 9.84. The van der Waals surface area contributed by atoms with Crippen molar-refractivity contribution in [3.8, 4) is 0 Å². The van der Waals surface area contributed by atoms with Crippen LogP contribution in [0.4, 0.5) is 13.2 Å². The molecular weight excluding hydrogens is 511 g/mol. The molecule has 1 aliphatic heterocycles. The van der Waals surface area contributed by atoms with Gasteiger partial charge in [-0.1, -0.05) is 23.7 Å². The number of benzene rings is 1. The Balaban J connectivity index is 1.39. The van der Waals surface area contributed by atoms with E-state index < -0.39 is 29.6 Å². The molecule has 1 saturated heterocycles. The molecule has 0 bridgehead atoms. The van der Waals surface area contributed by atoms with E-state index in [1.165, 1.54) is 0 Å². The molecule has 0 radical (unpaired) electrons. The fourth-order valence-electron chi connectivity index (χ4n) is 4.85. The molecule has 1 aromatic carbocycles. The number of carbonyl (C=O) groups excluding carboxylic acids is 3. The van der Waals surface area contributed by atoms with E-state index in [2.05, 4.69) is 10.3 Å². The van der Waals surface area contributed by atoms with Gasteiger partial charge in [0.1, 0.15) is 5.54 Å². The van der Waals surface area contributed by atoms with Crippen molar-refractivity contribution in [3.63, 3.8) is 0 Å². The maximum atomic E-state index is 13.5. The van der Waals surface area contributed by atoms with Crippen LogP contribution >= 0.6 is 11.6 Å². The van der Waals surface area contributed by atoms with Crippen LogP contribution in [0.2, 0.25) is 5.02 Å². The summed E-state index contributed by atoms with van der Waals surface area (Å²) in [6.45, 7) is 0.522. The summed E-state index contributed by atoms with van der Waals surface area (Å²) in [6, 6.07) is 9.94. The first-order valence-electron chi connectivity index (χ1n) is 11.7. The number of hydrogen-bond acceptors (Lipinski definition) is 4. The van der Waals surface area contributed by atoms with Gasteiger partial charge in [0.05, 0.1) is 29.6 Å². The van der Waals surface area contributed by atoms with Crippen molar-refractivity contribution in [2.75, 3.05) is 13.1 Å². The van der Waals surface area contributed by atoms with Gasteiger partial charge in [-0.2, -0.15) is 13.2 Å². The van der Waals surface area contributed by atoms with Crippen LogP contribution in [0.15, 0.2) is 55.1 Å². The second-order valence-corrected chi connectivity index (χ2v) is 9.86. The van der Waals surface area contributed by atoms with Crippen molar-refractivity contribution in [2.45, 2.75) is 42.9 Å². The standard InChI is InChI=1S/C25H23ClF3N5O3/c26-16-4-1-3-15(11-16)17-6-10-33(21(35)18-5-2-9-34-14-30-12-20(18)34)13-19(17)31-22(36)24(7-8-24)32-23(37)25(27,28)29/h1-5,9,11-12,14,17,19H,6-8,10,13H2,(H,31,36)(H,32,37)/t17-,19+/m0/s1. The van der Waals surface area contributed by atoms with Crippen LogP contribution < -0.4 is 10.6 Å². The summed E-state index contributed by atoms with van der Waals surface area (Å²) in [4.78, 5) is 43.9. The van der Waals surface area contributed by atoms with E-state index in [1.807, 2.05) is 11.4 Å². The number of rotatable bonds is 5. The topological polar surface area (TPSA) is 95.8 Å². The Morgan fingerprint density at radius 2 is 1.92 bits per heavy atom. The molecule has 1 saturated carbocycles. The van der Waals surface area contributed by atoms with Crippen molar-refractivity contribution < 1.29 is 27.6 Å². The number of pyridine rings is 1. The van der Waals surface area contributed by atoms with E-state index in [4.69, 9.17) is 11.6 Å². The zero-order valence-electron chi connectivity index (χ0n) is 19.5. The molecule has 3 amide bonds.